The Morgan fingerprint density at radius 2 is 2.00 bits per heavy atom. The quantitative estimate of drug-likeness (QED) is 0.902. The number of likely N-dealkylation sites (tertiary alicyclic amines) is 1. The average molecular weight is 265 g/mol. The van der Waals surface area contributed by atoms with Crippen LogP contribution in [0.2, 0.25) is 0 Å². The maximum atomic E-state index is 12.8. The minimum absolute atomic E-state index is 0.255. The molecule has 0 aromatic heterocycles. The Kier molecular flexibility index (Phi) is 4.94. The largest absolute Gasteiger partial charge is 0.388 e. The van der Waals surface area contributed by atoms with E-state index in [1.165, 1.54) is 25.0 Å². The van der Waals surface area contributed by atoms with Crippen LogP contribution >= 0.6 is 0 Å². The molecule has 0 amide bonds. The van der Waals surface area contributed by atoms with Crippen LogP contribution in [0, 0.1) is 11.7 Å². The second-order valence-corrected chi connectivity index (χ2v) is 5.75. The highest BCUT2D eigenvalue weighted by Gasteiger charge is 2.24. The van der Waals surface area contributed by atoms with Gasteiger partial charge in [-0.3, -0.25) is 0 Å². The zero-order chi connectivity index (χ0) is 13.8. The highest BCUT2D eigenvalue weighted by atomic mass is 19.1. The maximum absolute atomic E-state index is 12.8. The summed E-state index contributed by atoms with van der Waals surface area (Å²) in [7, 11) is 0. The van der Waals surface area contributed by atoms with Crippen molar-refractivity contribution >= 4 is 0 Å². The van der Waals surface area contributed by atoms with Crippen molar-refractivity contribution in [3.05, 3.63) is 35.6 Å². The van der Waals surface area contributed by atoms with Crippen LogP contribution in [0.25, 0.3) is 0 Å². The van der Waals surface area contributed by atoms with Gasteiger partial charge in [0, 0.05) is 12.6 Å². The minimum atomic E-state index is -0.495. The van der Waals surface area contributed by atoms with Crippen LogP contribution in [-0.4, -0.2) is 29.1 Å². The standard InChI is InChI=1S/C16H24FNO/c1-12-4-3-10-18(13(12)2)11-9-16(19)14-5-7-15(17)8-6-14/h5-8,12-13,16,19H,3-4,9-11H2,1-2H3. The lowest BCUT2D eigenvalue weighted by Gasteiger charge is -2.38. The summed E-state index contributed by atoms with van der Waals surface area (Å²) in [6, 6.07) is 6.74. The van der Waals surface area contributed by atoms with Crippen molar-refractivity contribution in [1.82, 2.24) is 4.90 Å². The highest BCUT2D eigenvalue weighted by Crippen LogP contribution is 2.24. The summed E-state index contributed by atoms with van der Waals surface area (Å²) in [5, 5.41) is 10.1. The van der Waals surface area contributed by atoms with Gasteiger partial charge in [0.05, 0.1) is 6.10 Å². The monoisotopic (exact) mass is 265 g/mol. The molecule has 1 aromatic carbocycles. The van der Waals surface area contributed by atoms with Gasteiger partial charge in [-0.25, -0.2) is 4.39 Å². The van der Waals surface area contributed by atoms with Gasteiger partial charge < -0.3 is 10.0 Å². The van der Waals surface area contributed by atoms with E-state index in [1.54, 1.807) is 12.1 Å². The third-order valence-corrected chi connectivity index (χ3v) is 4.45. The Labute approximate surface area is 115 Å². The number of hydrogen-bond donors (Lipinski definition) is 1. The fraction of sp³-hybridized carbons (Fsp3) is 0.625. The van der Waals surface area contributed by atoms with E-state index in [2.05, 4.69) is 18.7 Å². The van der Waals surface area contributed by atoms with E-state index in [4.69, 9.17) is 0 Å². The molecule has 1 N–H and O–H groups in total. The normalized spacial score (nSPS) is 26.3. The lowest BCUT2D eigenvalue weighted by atomic mass is 9.91. The van der Waals surface area contributed by atoms with Gasteiger partial charge in [0.15, 0.2) is 0 Å². The molecular formula is C16H24FNO. The molecule has 1 aliphatic rings. The number of aliphatic hydroxyl groups excluding tert-OH is 1. The smallest absolute Gasteiger partial charge is 0.123 e. The highest BCUT2D eigenvalue weighted by molar-refractivity contribution is 5.18. The number of rotatable bonds is 4. The Morgan fingerprint density at radius 1 is 1.32 bits per heavy atom. The molecule has 0 saturated carbocycles. The fourth-order valence-electron chi connectivity index (χ4n) is 2.88. The Bertz CT molecular complexity index is 392. The van der Waals surface area contributed by atoms with E-state index >= 15 is 0 Å². The summed E-state index contributed by atoms with van der Waals surface area (Å²) >= 11 is 0. The molecule has 0 radical (unpaired) electrons. The first-order valence-corrected chi connectivity index (χ1v) is 7.25. The van der Waals surface area contributed by atoms with Crippen LogP contribution < -0.4 is 0 Å². The Balaban J connectivity index is 1.86. The number of piperidine rings is 1. The SMILES string of the molecule is CC1CCCN(CCC(O)c2ccc(F)cc2)C1C. The molecule has 0 spiro atoms. The van der Waals surface area contributed by atoms with Crippen molar-refractivity contribution in [1.29, 1.82) is 0 Å². The summed E-state index contributed by atoms with van der Waals surface area (Å²) < 4.78 is 12.8. The van der Waals surface area contributed by atoms with E-state index in [-0.39, 0.29) is 5.82 Å². The molecule has 19 heavy (non-hydrogen) atoms. The van der Waals surface area contributed by atoms with Crippen molar-refractivity contribution in [2.75, 3.05) is 13.1 Å². The van der Waals surface area contributed by atoms with Crippen LogP contribution in [0.15, 0.2) is 24.3 Å². The Morgan fingerprint density at radius 3 is 2.68 bits per heavy atom. The van der Waals surface area contributed by atoms with Crippen LogP contribution in [0.3, 0.4) is 0 Å². The first-order valence-electron chi connectivity index (χ1n) is 7.25. The second kappa shape index (κ2) is 6.49. The molecule has 2 nitrogen and oxygen atoms in total. The van der Waals surface area contributed by atoms with Crippen molar-refractivity contribution in [3.8, 4) is 0 Å². The van der Waals surface area contributed by atoms with Gasteiger partial charge in [-0.1, -0.05) is 19.1 Å². The van der Waals surface area contributed by atoms with Gasteiger partial charge in [-0.2, -0.15) is 0 Å². The summed E-state index contributed by atoms with van der Waals surface area (Å²) in [6.45, 7) is 6.60. The van der Waals surface area contributed by atoms with Crippen molar-refractivity contribution in [2.24, 2.45) is 5.92 Å². The lowest BCUT2D eigenvalue weighted by Crippen LogP contribution is -2.43. The molecule has 0 aliphatic carbocycles. The molecule has 3 unspecified atom stereocenters. The summed E-state index contributed by atoms with van der Waals surface area (Å²) in [6.07, 6.45) is 2.77. The van der Waals surface area contributed by atoms with E-state index in [9.17, 15) is 9.50 Å². The predicted octanol–water partition coefficient (Wildman–Crippen LogP) is 3.37. The van der Waals surface area contributed by atoms with Gasteiger partial charge in [-0.15, -0.1) is 0 Å². The summed E-state index contributed by atoms with van der Waals surface area (Å²) in [5.74, 6) is 0.478. The molecule has 2 rings (SSSR count). The molecule has 1 fully saturated rings. The fourth-order valence-corrected chi connectivity index (χ4v) is 2.88. The van der Waals surface area contributed by atoms with E-state index in [1.807, 2.05) is 0 Å². The maximum Gasteiger partial charge on any atom is 0.123 e. The second-order valence-electron chi connectivity index (χ2n) is 5.75. The molecule has 0 bridgehead atoms. The molecule has 1 aromatic rings. The number of benzene rings is 1. The predicted molar refractivity (Wildman–Crippen MR) is 75.4 cm³/mol. The number of hydrogen-bond acceptors (Lipinski definition) is 2. The van der Waals surface area contributed by atoms with Crippen LogP contribution in [0.1, 0.15) is 44.8 Å². The first kappa shape index (κ1) is 14.5. The zero-order valence-corrected chi connectivity index (χ0v) is 11.8. The van der Waals surface area contributed by atoms with Gasteiger partial charge in [-0.05, 0) is 56.3 Å². The number of aliphatic hydroxyl groups is 1. The third-order valence-electron chi connectivity index (χ3n) is 4.45. The minimum Gasteiger partial charge on any atom is -0.388 e. The number of nitrogens with zero attached hydrogens (tertiary/aromatic N) is 1. The summed E-state index contributed by atoms with van der Waals surface area (Å²) in [4.78, 5) is 2.46. The lowest BCUT2D eigenvalue weighted by molar-refractivity contribution is 0.0840. The molecule has 3 heteroatoms. The molecule has 1 heterocycles. The molecule has 1 saturated heterocycles. The Hall–Kier alpha value is -0.930. The molecule has 106 valence electrons. The van der Waals surface area contributed by atoms with Gasteiger partial charge >= 0.3 is 0 Å². The molecule has 1 aliphatic heterocycles. The van der Waals surface area contributed by atoms with Crippen LogP contribution in [0.4, 0.5) is 4.39 Å². The zero-order valence-electron chi connectivity index (χ0n) is 11.8. The molecular weight excluding hydrogens is 241 g/mol. The topological polar surface area (TPSA) is 23.5 Å². The number of halogens is 1. The van der Waals surface area contributed by atoms with Crippen molar-refractivity contribution in [3.63, 3.8) is 0 Å². The van der Waals surface area contributed by atoms with E-state index in [0.717, 1.165) is 24.6 Å². The van der Waals surface area contributed by atoms with Crippen LogP contribution in [0.5, 0.6) is 0 Å². The molecule has 3 atom stereocenters. The van der Waals surface area contributed by atoms with Crippen molar-refractivity contribution < 1.29 is 9.50 Å². The summed E-state index contributed by atoms with van der Waals surface area (Å²) in [5.41, 5.74) is 0.805. The average Bonchev–Trinajstić information content (AvgIpc) is 2.41. The van der Waals surface area contributed by atoms with Crippen LogP contribution in [-0.2, 0) is 0 Å². The van der Waals surface area contributed by atoms with Gasteiger partial charge in [0.25, 0.3) is 0 Å². The van der Waals surface area contributed by atoms with E-state index in [0.29, 0.717) is 12.5 Å². The van der Waals surface area contributed by atoms with Crippen molar-refractivity contribution in [2.45, 2.75) is 45.3 Å². The first-order chi connectivity index (χ1) is 9.08. The third kappa shape index (κ3) is 3.77. The van der Waals surface area contributed by atoms with E-state index < -0.39 is 6.10 Å². The van der Waals surface area contributed by atoms with Gasteiger partial charge in [0.2, 0.25) is 0 Å². The van der Waals surface area contributed by atoms with Gasteiger partial charge in [0.1, 0.15) is 5.82 Å².